The van der Waals surface area contributed by atoms with E-state index in [1.807, 2.05) is 0 Å². The van der Waals surface area contributed by atoms with Crippen molar-refractivity contribution in [3.8, 4) is 0 Å². The van der Waals surface area contributed by atoms with Gasteiger partial charge < -0.3 is 11.5 Å². The van der Waals surface area contributed by atoms with Crippen LogP contribution in [0.3, 0.4) is 0 Å². The van der Waals surface area contributed by atoms with Crippen LogP contribution in [0.4, 0.5) is 0 Å². The average Bonchev–Trinajstić information content (AvgIpc) is 2.29. The molecule has 6 atom stereocenters. The van der Waals surface area contributed by atoms with E-state index in [2.05, 4.69) is 13.8 Å². The van der Waals surface area contributed by atoms with Crippen LogP contribution in [0.5, 0.6) is 0 Å². The lowest BCUT2D eigenvalue weighted by atomic mass is 9.71. The van der Waals surface area contributed by atoms with Crippen LogP contribution in [0.2, 0.25) is 0 Å². The molecule has 0 radical (unpaired) electrons. The predicted molar refractivity (Wildman–Crippen MR) is 73.6 cm³/mol. The van der Waals surface area contributed by atoms with Crippen LogP contribution in [0.1, 0.15) is 58.8 Å². The van der Waals surface area contributed by atoms with Crippen molar-refractivity contribution in [1.82, 2.24) is 0 Å². The molecule has 0 aliphatic heterocycles. The molecule has 0 unspecified atom stereocenters. The van der Waals surface area contributed by atoms with Gasteiger partial charge in [0.2, 0.25) is 0 Å². The van der Waals surface area contributed by atoms with E-state index in [0.29, 0.717) is 12.1 Å². The van der Waals surface area contributed by atoms with Crippen molar-refractivity contribution in [3.05, 3.63) is 0 Å². The Morgan fingerprint density at radius 1 is 0.765 bits per heavy atom. The number of nitrogens with two attached hydrogens (primary N) is 2. The first kappa shape index (κ1) is 13.4. The second kappa shape index (κ2) is 5.71. The molecule has 0 aromatic heterocycles. The van der Waals surface area contributed by atoms with E-state index in [4.69, 9.17) is 11.5 Å². The van der Waals surface area contributed by atoms with Gasteiger partial charge in [0.25, 0.3) is 0 Å². The Kier molecular flexibility index (Phi) is 4.48. The third kappa shape index (κ3) is 3.45. The first-order valence-corrected chi connectivity index (χ1v) is 7.57. The highest BCUT2D eigenvalue weighted by Gasteiger charge is 2.30. The lowest BCUT2D eigenvalue weighted by Crippen LogP contribution is -2.37. The van der Waals surface area contributed by atoms with Crippen molar-refractivity contribution in [2.45, 2.75) is 70.9 Å². The number of hydrogen-bond donors (Lipinski definition) is 2. The third-order valence-electron chi connectivity index (χ3n) is 5.36. The van der Waals surface area contributed by atoms with Crippen molar-refractivity contribution in [1.29, 1.82) is 0 Å². The van der Waals surface area contributed by atoms with E-state index in [9.17, 15) is 0 Å². The normalized spacial score (nSPS) is 48.0. The Hall–Kier alpha value is -0.0800. The summed E-state index contributed by atoms with van der Waals surface area (Å²) in [5.41, 5.74) is 12.2. The highest BCUT2D eigenvalue weighted by Crippen LogP contribution is 2.38. The van der Waals surface area contributed by atoms with Gasteiger partial charge in [-0.05, 0) is 68.6 Å². The molecule has 0 saturated heterocycles. The Balaban J connectivity index is 1.78. The van der Waals surface area contributed by atoms with E-state index in [0.717, 1.165) is 23.7 Å². The van der Waals surface area contributed by atoms with Gasteiger partial charge in [0.15, 0.2) is 0 Å². The summed E-state index contributed by atoms with van der Waals surface area (Å²) in [4.78, 5) is 0. The molecule has 100 valence electrons. The number of rotatable bonds is 2. The minimum Gasteiger partial charge on any atom is -0.327 e. The molecule has 0 aromatic carbocycles. The second-order valence-electron chi connectivity index (χ2n) is 6.88. The molecule has 2 aliphatic carbocycles. The summed E-state index contributed by atoms with van der Waals surface area (Å²) in [6.07, 6.45) is 9.37. The molecule has 0 bridgehead atoms. The molecule has 0 amide bonds. The Labute approximate surface area is 107 Å². The van der Waals surface area contributed by atoms with Crippen molar-refractivity contribution in [3.63, 3.8) is 0 Å². The minimum atomic E-state index is 0.463. The van der Waals surface area contributed by atoms with E-state index >= 15 is 0 Å². The topological polar surface area (TPSA) is 52.0 Å². The van der Waals surface area contributed by atoms with Crippen LogP contribution >= 0.6 is 0 Å². The lowest BCUT2D eigenvalue weighted by molar-refractivity contribution is 0.169. The summed E-state index contributed by atoms with van der Waals surface area (Å²) >= 11 is 0. The second-order valence-corrected chi connectivity index (χ2v) is 6.88. The summed E-state index contributed by atoms with van der Waals surface area (Å²) in [7, 11) is 0. The predicted octanol–water partition coefficient (Wildman–Crippen LogP) is 2.90. The van der Waals surface area contributed by atoms with Gasteiger partial charge in [-0.3, -0.25) is 0 Å². The van der Waals surface area contributed by atoms with Crippen molar-refractivity contribution < 1.29 is 0 Å². The number of hydrogen-bond acceptors (Lipinski definition) is 2. The lowest BCUT2D eigenvalue weighted by Gasteiger charge is -2.37. The molecule has 0 spiro atoms. The fraction of sp³-hybridized carbons (Fsp3) is 1.00. The molecule has 2 nitrogen and oxygen atoms in total. The van der Waals surface area contributed by atoms with Crippen LogP contribution in [-0.4, -0.2) is 12.1 Å². The molecule has 2 rings (SSSR count). The summed E-state index contributed by atoms with van der Waals surface area (Å²) in [6.45, 7) is 4.66. The molecule has 2 fully saturated rings. The maximum atomic E-state index is 6.10. The van der Waals surface area contributed by atoms with E-state index < -0.39 is 0 Å². The highest BCUT2D eigenvalue weighted by molar-refractivity contribution is 4.85. The standard InChI is InChI=1S/C15H30N2/c1-10-7-12(3-5-14(10)16)9-13-4-6-15(17)11(2)8-13/h10-15H,3-9,16-17H2,1-2H3/t10-,11+,12-,13-,14+,15-/m1/s1. The first-order valence-electron chi connectivity index (χ1n) is 7.57. The van der Waals surface area contributed by atoms with E-state index in [1.54, 1.807) is 0 Å². The Morgan fingerprint density at radius 2 is 1.18 bits per heavy atom. The summed E-state index contributed by atoms with van der Waals surface area (Å²) < 4.78 is 0. The van der Waals surface area contributed by atoms with Gasteiger partial charge in [0.05, 0.1) is 0 Å². The summed E-state index contributed by atoms with van der Waals surface area (Å²) in [5, 5.41) is 0. The largest absolute Gasteiger partial charge is 0.327 e. The molecule has 2 saturated carbocycles. The third-order valence-corrected chi connectivity index (χ3v) is 5.36. The maximum Gasteiger partial charge on any atom is 0.00647 e. The molecule has 2 aliphatic rings. The van der Waals surface area contributed by atoms with E-state index in [-0.39, 0.29) is 0 Å². The maximum absolute atomic E-state index is 6.10. The van der Waals surface area contributed by atoms with Gasteiger partial charge in [-0.25, -0.2) is 0 Å². The van der Waals surface area contributed by atoms with Gasteiger partial charge in [0.1, 0.15) is 0 Å². The summed E-state index contributed by atoms with van der Waals surface area (Å²) in [5.74, 6) is 3.35. The quantitative estimate of drug-likeness (QED) is 0.777. The van der Waals surface area contributed by atoms with Gasteiger partial charge in [-0.15, -0.1) is 0 Å². The Bertz CT molecular complexity index is 217. The highest BCUT2D eigenvalue weighted by atomic mass is 14.7. The van der Waals surface area contributed by atoms with Crippen molar-refractivity contribution in [2.24, 2.45) is 35.1 Å². The van der Waals surface area contributed by atoms with Crippen LogP contribution < -0.4 is 11.5 Å². The van der Waals surface area contributed by atoms with Gasteiger partial charge in [0, 0.05) is 12.1 Å². The molecule has 0 aromatic rings. The molecule has 4 N–H and O–H groups in total. The molecule has 17 heavy (non-hydrogen) atoms. The Morgan fingerprint density at radius 3 is 1.53 bits per heavy atom. The van der Waals surface area contributed by atoms with Gasteiger partial charge >= 0.3 is 0 Å². The first-order chi connectivity index (χ1) is 8.06. The molecular formula is C15H30N2. The van der Waals surface area contributed by atoms with Crippen LogP contribution in [0.25, 0.3) is 0 Å². The van der Waals surface area contributed by atoms with Crippen molar-refractivity contribution >= 4 is 0 Å². The molecule has 0 heterocycles. The monoisotopic (exact) mass is 238 g/mol. The van der Waals surface area contributed by atoms with Gasteiger partial charge in [-0.1, -0.05) is 13.8 Å². The SMILES string of the molecule is C[C@@H]1C[C@H](C[C@@H]2CC[C@@H](N)[C@@H](C)C2)CC[C@@H]1N. The average molecular weight is 238 g/mol. The van der Waals surface area contributed by atoms with Crippen molar-refractivity contribution in [2.75, 3.05) is 0 Å². The van der Waals surface area contributed by atoms with Crippen LogP contribution in [0, 0.1) is 23.7 Å². The van der Waals surface area contributed by atoms with E-state index in [1.165, 1.54) is 44.9 Å². The smallest absolute Gasteiger partial charge is 0.00647 e. The van der Waals surface area contributed by atoms with Crippen LogP contribution in [0.15, 0.2) is 0 Å². The van der Waals surface area contributed by atoms with Gasteiger partial charge in [-0.2, -0.15) is 0 Å². The zero-order valence-corrected chi connectivity index (χ0v) is 11.6. The minimum absolute atomic E-state index is 0.463. The van der Waals surface area contributed by atoms with Crippen LogP contribution in [-0.2, 0) is 0 Å². The zero-order valence-electron chi connectivity index (χ0n) is 11.6. The fourth-order valence-corrected chi connectivity index (χ4v) is 3.96. The summed E-state index contributed by atoms with van der Waals surface area (Å²) in [6, 6.07) is 0.926. The fourth-order valence-electron chi connectivity index (χ4n) is 3.96. The zero-order chi connectivity index (χ0) is 12.4. The molecule has 2 heteroatoms. The molecular weight excluding hydrogens is 208 g/mol.